The lowest BCUT2D eigenvalue weighted by molar-refractivity contribution is -0.151. The van der Waals surface area contributed by atoms with E-state index in [1.54, 1.807) is 0 Å². The number of rotatable bonds is 42. The molecular weight excluding hydrogens is 735 g/mol. The second-order valence-corrected chi connectivity index (χ2v) is 18.8. The van der Waals surface area contributed by atoms with Gasteiger partial charge in [0.1, 0.15) is 0 Å². The fourth-order valence-electron chi connectivity index (χ4n) is 8.94. The SMILES string of the molecule is CCCCCC(CCCCC)CCOC(=O)CCCCCCCCC(CCCCCCCC(=O)OCCC(CCCCC)CCCCC)COC(=O)C1CCN(C)CC1. The van der Waals surface area contributed by atoms with E-state index in [1.807, 2.05) is 0 Å². The highest BCUT2D eigenvalue weighted by Crippen LogP contribution is 2.25. The van der Waals surface area contributed by atoms with E-state index >= 15 is 0 Å². The molecule has 0 N–H and O–H groups in total. The zero-order chi connectivity index (χ0) is 43.0. The van der Waals surface area contributed by atoms with E-state index in [0.29, 0.717) is 50.4 Å². The molecule has 0 aromatic heterocycles. The Kier molecular flexibility index (Phi) is 38.0. The summed E-state index contributed by atoms with van der Waals surface area (Å²) in [6.07, 6.45) is 39.8. The van der Waals surface area contributed by atoms with Crippen molar-refractivity contribution >= 4 is 17.9 Å². The van der Waals surface area contributed by atoms with Crippen molar-refractivity contribution in [3.63, 3.8) is 0 Å². The summed E-state index contributed by atoms with van der Waals surface area (Å²) in [5.74, 6) is 1.84. The van der Waals surface area contributed by atoms with Crippen LogP contribution in [0.3, 0.4) is 0 Å². The van der Waals surface area contributed by atoms with Crippen molar-refractivity contribution in [3.8, 4) is 0 Å². The van der Waals surface area contributed by atoms with Gasteiger partial charge in [-0.05, 0) is 89.3 Å². The molecule has 1 aliphatic rings. The van der Waals surface area contributed by atoms with Gasteiger partial charge in [-0.1, -0.05) is 188 Å². The summed E-state index contributed by atoms with van der Waals surface area (Å²) < 4.78 is 17.3. The van der Waals surface area contributed by atoms with E-state index in [0.717, 1.165) is 109 Å². The molecule has 7 heteroatoms. The molecule has 0 radical (unpaired) electrons. The van der Waals surface area contributed by atoms with Gasteiger partial charge in [0, 0.05) is 12.8 Å². The standard InChI is InChI=1S/C52H99NO6/c1-6-10-21-29-46(30-22-11-7-2)39-43-57-50(54)35-27-19-15-14-17-25-33-48(45-59-52(56)49-37-41-53(5)42-38-49)34-26-18-16-20-28-36-51(55)58-44-40-47(31-23-12-8-3)32-24-13-9-4/h46-49H,6-45H2,1-5H3. The third-order valence-electron chi connectivity index (χ3n) is 13.2. The first-order valence-corrected chi connectivity index (χ1v) is 26.0. The van der Waals surface area contributed by atoms with Gasteiger partial charge in [0.25, 0.3) is 0 Å². The lowest BCUT2D eigenvalue weighted by Gasteiger charge is -2.28. The van der Waals surface area contributed by atoms with Crippen LogP contribution in [0, 0.1) is 23.7 Å². The maximum Gasteiger partial charge on any atom is 0.309 e. The molecule has 1 fully saturated rings. The Bertz CT molecular complexity index is 945. The molecule has 0 spiro atoms. The highest BCUT2D eigenvalue weighted by Gasteiger charge is 2.25. The molecule has 348 valence electrons. The number of piperidine rings is 1. The smallest absolute Gasteiger partial charge is 0.309 e. The first kappa shape index (κ1) is 55.4. The molecule has 1 unspecified atom stereocenters. The fraction of sp³-hybridized carbons (Fsp3) is 0.942. The number of likely N-dealkylation sites (tertiary alicyclic amines) is 1. The van der Waals surface area contributed by atoms with Crippen molar-refractivity contribution in [2.24, 2.45) is 23.7 Å². The zero-order valence-electron chi connectivity index (χ0n) is 40.0. The summed E-state index contributed by atoms with van der Waals surface area (Å²) >= 11 is 0. The minimum atomic E-state index is -0.0234. The largest absolute Gasteiger partial charge is 0.466 e. The summed E-state index contributed by atoms with van der Waals surface area (Å²) in [6.45, 7) is 12.7. The highest BCUT2D eigenvalue weighted by molar-refractivity contribution is 5.72. The number of esters is 3. The number of ether oxygens (including phenoxy) is 3. The zero-order valence-corrected chi connectivity index (χ0v) is 40.0. The quantitative estimate of drug-likeness (QED) is 0.0344. The number of carbonyl (C=O) groups excluding carboxylic acids is 3. The van der Waals surface area contributed by atoms with Crippen LogP contribution in [-0.2, 0) is 28.6 Å². The van der Waals surface area contributed by atoms with Gasteiger partial charge in [0.05, 0.1) is 25.7 Å². The maximum absolute atomic E-state index is 12.9. The van der Waals surface area contributed by atoms with Crippen molar-refractivity contribution in [1.82, 2.24) is 4.90 Å². The number of carbonyl (C=O) groups is 3. The Morgan fingerprint density at radius 2 is 0.780 bits per heavy atom. The lowest BCUT2D eigenvalue weighted by atomic mass is 9.92. The van der Waals surface area contributed by atoms with Crippen LogP contribution < -0.4 is 0 Å². The topological polar surface area (TPSA) is 82.1 Å². The fourth-order valence-corrected chi connectivity index (χ4v) is 8.94. The molecule has 1 heterocycles. The van der Waals surface area contributed by atoms with Gasteiger partial charge in [-0.25, -0.2) is 0 Å². The average molecular weight is 834 g/mol. The molecule has 1 saturated heterocycles. The minimum Gasteiger partial charge on any atom is -0.466 e. The molecule has 1 atom stereocenters. The molecular formula is C52H99NO6. The van der Waals surface area contributed by atoms with Crippen LogP contribution in [0.4, 0.5) is 0 Å². The second kappa shape index (κ2) is 40.4. The molecule has 0 bridgehead atoms. The van der Waals surface area contributed by atoms with Crippen molar-refractivity contribution in [2.75, 3.05) is 40.0 Å². The molecule has 1 aliphatic heterocycles. The van der Waals surface area contributed by atoms with Crippen LogP contribution >= 0.6 is 0 Å². The Balaban J connectivity index is 2.30. The number of hydrogen-bond donors (Lipinski definition) is 0. The highest BCUT2D eigenvalue weighted by atomic mass is 16.5. The van der Waals surface area contributed by atoms with E-state index < -0.39 is 0 Å². The summed E-state index contributed by atoms with van der Waals surface area (Å²) in [6, 6.07) is 0. The van der Waals surface area contributed by atoms with Crippen molar-refractivity contribution in [1.29, 1.82) is 0 Å². The molecule has 0 aromatic rings. The summed E-state index contributed by atoms with van der Waals surface area (Å²) in [4.78, 5) is 40.1. The first-order valence-electron chi connectivity index (χ1n) is 26.0. The second-order valence-electron chi connectivity index (χ2n) is 18.8. The third kappa shape index (κ3) is 33.7. The van der Waals surface area contributed by atoms with Crippen molar-refractivity contribution in [3.05, 3.63) is 0 Å². The van der Waals surface area contributed by atoms with E-state index in [4.69, 9.17) is 14.2 Å². The van der Waals surface area contributed by atoms with Crippen LogP contribution in [0.5, 0.6) is 0 Å². The minimum absolute atomic E-state index is 0.00999. The van der Waals surface area contributed by atoms with Crippen molar-refractivity contribution < 1.29 is 28.6 Å². The van der Waals surface area contributed by atoms with E-state index in [1.165, 1.54) is 116 Å². The Labute approximate surface area is 366 Å². The Hall–Kier alpha value is -1.63. The van der Waals surface area contributed by atoms with Crippen LogP contribution in [0.25, 0.3) is 0 Å². The normalized spacial score (nSPS) is 14.3. The molecule has 59 heavy (non-hydrogen) atoms. The van der Waals surface area contributed by atoms with Gasteiger partial charge in [0.2, 0.25) is 0 Å². The molecule has 7 nitrogen and oxygen atoms in total. The van der Waals surface area contributed by atoms with Gasteiger partial charge in [0.15, 0.2) is 0 Å². The number of nitrogens with zero attached hydrogens (tertiary/aromatic N) is 1. The average Bonchev–Trinajstić information content (AvgIpc) is 3.23. The predicted molar refractivity (Wildman–Crippen MR) is 249 cm³/mol. The van der Waals surface area contributed by atoms with Gasteiger partial charge in [-0.15, -0.1) is 0 Å². The summed E-state index contributed by atoms with van der Waals surface area (Å²) in [5, 5.41) is 0. The third-order valence-corrected chi connectivity index (χ3v) is 13.2. The van der Waals surface area contributed by atoms with Crippen LogP contribution in [0.1, 0.15) is 252 Å². The van der Waals surface area contributed by atoms with Crippen molar-refractivity contribution in [2.45, 2.75) is 252 Å². The molecule has 1 rings (SSSR count). The number of hydrogen-bond acceptors (Lipinski definition) is 7. The maximum atomic E-state index is 12.9. The number of unbranched alkanes of at least 4 members (excludes halogenated alkanes) is 17. The van der Waals surface area contributed by atoms with Crippen LogP contribution in [0.2, 0.25) is 0 Å². The van der Waals surface area contributed by atoms with E-state index in [2.05, 4.69) is 39.6 Å². The van der Waals surface area contributed by atoms with Gasteiger partial charge >= 0.3 is 17.9 Å². The Morgan fingerprint density at radius 1 is 0.441 bits per heavy atom. The predicted octanol–water partition coefficient (Wildman–Crippen LogP) is 14.8. The Morgan fingerprint density at radius 3 is 1.17 bits per heavy atom. The summed E-state index contributed by atoms with van der Waals surface area (Å²) in [7, 11) is 2.13. The lowest BCUT2D eigenvalue weighted by Crippen LogP contribution is -2.34. The molecule has 0 amide bonds. The molecule has 0 saturated carbocycles. The summed E-state index contributed by atoms with van der Waals surface area (Å²) in [5.41, 5.74) is 0. The van der Waals surface area contributed by atoms with Crippen LogP contribution in [0.15, 0.2) is 0 Å². The molecule has 0 aliphatic carbocycles. The molecule has 0 aromatic carbocycles. The van der Waals surface area contributed by atoms with E-state index in [9.17, 15) is 14.4 Å². The van der Waals surface area contributed by atoms with E-state index in [-0.39, 0.29) is 23.8 Å². The monoisotopic (exact) mass is 834 g/mol. The van der Waals surface area contributed by atoms with Gasteiger partial charge in [-0.3, -0.25) is 14.4 Å². The van der Waals surface area contributed by atoms with Crippen LogP contribution in [-0.4, -0.2) is 62.8 Å². The van der Waals surface area contributed by atoms with Gasteiger partial charge < -0.3 is 19.1 Å². The van der Waals surface area contributed by atoms with Gasteiger partial charge in [-0.2, -0.15) is 0 Å². The first-order chi connectivity index (χ1) is 28.8.